The summed E-state index contributed by atoms with van der Waals surface area (Å²) in [5, 5.41) is 11.1. The van der Waals surface area contributed by atoms with Gasteiger partial charge in [0.05, 0.1) is 4.92 Å². The van der Waals surface area contributed by atoms with E-state index in [0.29, 0.717) is 5.56 Å². The maximum atomic E-state index is 11.1. The van der Waals surface area contributed by atoms with E-state index >= 15 is 0 Å². The summed E-state index contributed by atoms with van der Waals surface area (Å²) in [6, 6.07) is 4.74. The fraction of sp³-hybridized carbons (Fsp3) is 0.167. The highest BCUT2D eigenvalue weighted by molar-refractivity contribution is 5.54. The molecule has 0 unspecified atom stereocenters. The standard InChI is InChI=1S/C12H13N5O3/c1-7-5-8(2)11(9(6-7)17(18)19)20-10-3-4-14-12(15-10)16-13/h3-6H,13H2,1-2H3,(H,14,15,16). The smallest absolute Gasteiger partial charge is 0.312 e. The van der Waals surface area contributed by atoms with Crippen molar-refractivity contribution >= 4 is 11.6 Å². The van der Waals surface area contributed by atoms with Gasteiger partial charge in [-0.05, 0) is 25.0 Å². The van der Waals surface area contributed by atoms with Gasteiger partial charge >= 0.3 is 5.69 Å². The largest absolute Gasteiger partial charge is 0.431 e. The number of ether oxygens (including phenoxy) is 1. The Hall–Kier alpha value is -2.74. The molecule has 1 aromatic heterocycles. The topological polar surface area (TPSA) is 116 Å². The number of aryl methyl sites for hydroxylation is 2. The molecule has 0 aliphatic heterocycles. The molecule has 0 aliphatic carbocycles. The number of nitrogen functional groups attached to an aromatic ring is 1. The quantitative estimate of drug-likeness (QED) is 0.498. The molecule has 104 valence electrons. The van der Waals surface area contributed by atoms with Crippen LogP contribution < -0.4 is 16.0 Å². The molecule has 8 heteroatoms. The first kappa shape index (κ1) is 13.7. The van der Waals surface area contributed by atoms with Gasteiger partial charge in [0, 0.05) is 18.3 Å². The number of nitro benzene ring substituents is 1. The lowest BCUT2D eigenvalue weighted by Gasteiger charge is -2.09. The Balaban J connectivity index is 2.44. The van der Waals surface area contributed by atoms with Crippen molar-refractivity contribution in [2.75, 3.05) is 5.43 Å². The molecule has 0 atom stereocenters. The van der Waals surface area contributed by atoms with E-state index in [9.17, 15) is 10.1 Å². The lowest BCUT2D eigenvalue weighted by Crippen LogP contribution is -2.10. The molecular weight excluding hydrogens is 262 g/mol. The Bertz CT molecular complexity index is 660. The average Bonchev–Trinajstić information content (AvgIpc) is 2.41. The molecule has 0 saturated heterocycles. The van der Waals surface area contributed by atoms with Gasteiger partial charge in [-0.2, -0.15) is 4.98 Å². The first-order valence-corrected chi connectivity index (χ1v) is 5.74. The summed E-state index contributed by atoms with van der Waals surface area (Å²) in [5.74, 6) is 5.69. The van der Waals surface area contributed by atoms with Crippen LogP contribution >= 0.6 is 0 Å². The Morgan fingerprint density at radius 2 is 2.15 bits per heavy atom. The van der Waals surface area contributed by atoms with Gasteiger partial charge in [0.2, 0.25) is 17.6 Å². The summed E-state index contributed by atoms with van der Waals surface area (Å²) >= 11 is 0. The second-order valence-electron chi connectivity index (χ2n) is 4.15. The van der Waals surface area contributed by atoms with Crippen molar-refractivity contribution < 1.29 is 9.66 Å². The van der Waals surface area contributed by atoms with Crippen LogP contribution in [-0.4, -0.2) is 14.9 Å². The third-order valence-corrected chi connectivity index (χ3v) is 2.56. The van der Waals surface area contributed by atoms with E-state index in [1.807, 2.05) is 0 Å². The van der Waals surface area contributed by atoms with Crippen LogP contribution in [0.15, 0.2) is 24.4 Å². The molecule has 0 fully saturated rings. The van der Waals surface area contributed by atoms with Crippen molar-refractivity contribution in [3.05, 3.63) is 45.6 Å². The van der Waals surface area contributed by atoms with E-state index in [1.54, 1.807) is 19.9 Å². The van der Waals surface area contributed by atoms with E-state index in [0.717, 1.165) is 5.56 Å². The van der Waals surface area contributed by atoms with E-state index in [2.05, 4.69) is 15.4 Å². The Labute approximate surface area is 114 Å². The van der Waals surface area contributed by atoms with Crippen molar-refractivity contribution in [3.8, 4) is 11.6 Å². The molecule has 0 bridgehead atoms. The monoisotopic (exact) mass is 275 g/mol. The minimum Gasteiger partial charge on any atom is -0.431 e. The third-order valence-electron chi connectivity index (χ3n) is 2.56. The maximum absolute atomic E-state index is 11.1. The molecule has 20 heavy (non-hydrogen) atoms. The zero-order valence-electron chi connectivity index (χ0n) is 11.0. The highest BCUT2D eigenvalue weighted by atomic mass is 16.6. The van der Waals surface area contributed by atoms with Crippen LogP contribution in [0, 0.1) is 24.0 Å². The van der Waals surface area contributed by atoms with Crippen molar-refractivity contribution in [1.29, 1.82) is 0 Å². The van der Waals surface area contributed by atoms with Gasteiger partial charge in [0.25, 0.3) is 0 Å². The minimum atomic E-state index is -0.487. The molecule has 0 radical (unpaired) electrons. The lowest BCUT2D eigenvalue weighted by atomic mass is 10.1. The predicted molar refractivity (Wildman–Crippen MR) is 72.5 cm³/mol. The Morgan fingerprint density at radius 1 is 1.40 bits per heavy atom. The normalized spacial score (nSPS) is 10.2. The van der Waals surface area contributed by atoms with Crippen LogP contribution in [0.3, 0.4) is 0 Å². The number of hydrogen-bond acceptors (Lipinski definition) is 7. The molecule has 2 rings (SSSR count). The summed E-state index contributed by atoms with van der Waals surface area (Å²) in [7, 11) is 0. The van der Waals surface area contributed by atoms with Gasteiger partial charge < -0.3 is 4.74 Å². The molecule has 0 amide bonds. The van der Waals surface area contributed by atoms with E-state index < -0.39 is 4.92 Å². The number of hydrogen-bond donors (Lipinski definition) is 2. The maximum Gasteiger partial charge on any atom is 0.312 e. The first-order chi connectivity index (χ1) is 9.51. The van der Waals surface area contributed by atoms with Crippen LogP contribution in [0.4, 0.5) is 11.6 Å². The summed E-state index contributed by atoms with van der Waals surface area (Å²) in [6.07, 6.45) is 1.44. The number of aromatic nitrogens is 2. The molecule has 0 saturated carbocycles. The number of anilines is 1. The van der Waals surface area contributed by atoms with Gasteiger partial charge in [0.15, 0.2) is 0 Å². The molecule has 1 heterocycles. The fourth-order valence-corrected chi connectivity index (χ4v) is 1.77. The van der Waals surface area contributed by atoms with Crippen LogP contribution in [0.5, 0.6) is 11.6 Å². The summed E-state index contributed by atoms with van der Waals surface area (Å²) in [6.45, 7) is 3.52. The highest BCUT2D eigenvalue weighted by Gasteiger charge is 2.19. The second-order valence-corrected chi connectivity index (χ2v) is 4.15. The van der Waals surface area contributed by atoms with Crippen LogP contribution in [0.1, 0.15) is 11.1 Å². The van der Waals surface area contributed by atoms with Crippen LogP contribution in [0.25, 0.3) is 0 Å². The summed E-state index contributed by atoms with van der Waals surface area (Å²) in [4.78, 5) is 18.4. The number of nitrogens with one attached hydrogen (secondary N) is 1. The van der Waals surface area contributed by atoms with E-state index in [-0.39, 0.29) is 23.3 Å². The molecule has 8 nitrogen and oxygen atoms in total. The first-order valence-electron chi connectivity index (χ1n) is 5.74. The lowest BCUT2D eigenvalue weighted by molar-refractivity contribution is -0.385. The molecule has 0 spiro atoms. The zero-order valence-corrected chi connectivity index (χ0v) is 11.0. The molecule has 1 aromatic carbocycles. The SMILES string of the molecule is Cc1cc(C)c(Oc2ccnc(NN)n2)c([N+](=O)[O-])c1. The zero-order chi connectivity index (χ0) is 14.7. The predicted octanol–water partition coefficient (Wildman–Crippen LogP) is 2.08. The number of benzene rings is 1. The molecule has 2 aromatic rings. The number of nitrogens with two attached hydrogens (primary N) is 1. The second kappa shape index (κ2) is 5.49. The van der Waals surface area contributed by atoms with Gasteiger partial charge in [-0.1, -0.05) is 6.07 Å². The summed E-state index contributed by atoms with van der Waals surface area (Å²) < 4.78 is 5.51. The molecule has 3 N–H and O–H groups in total. The van der Waals surface area contributed by atoms with Gasteiger partial charge in [0.1, 0.15) is 0 Å². The van der Waals surface area contributed by atoms with E-state index in [4.69, 9.17) is 10.6 Å². The Kier molecular flexibility index (Phi) is 3.76. The van der Waals surface area contributed by atoms with E-state index in [1.165, 1.54) is 18.3 Å². The number of nitro groups is 1. The number of nitrogens with zero attached hydrogens (tertiary/aromatic N) is 3. The number of hydrazine groups is 1. The third kappa shape index (κ3) is 2.81. The summed E-state index contributed by atoms with van der Waals surface area (Å²) in [5.41, 5.74) is 3.61. The molecule has 0 aliphatic rings. The fourth-order valence-electron chi connectivity index (χ4n) is 1.77. The van der Waals surface area contributed by atoms with Gasteiger partial charge in [-0.25, -0.2) is 10.8 Å². The Morgan fingerprint density at radius 3 is 2.80 bits per heavy atom. The van der Waals surface area contributed by atoms with Crippen molar-refractivity contribution in [1.82, 2.24) is 9.97 Å². The van der Waals surface area contributed by atoms with Crippen molar-refractivity contribution in [2.24, 2.45) is 5.84 Å². The van der Waals surface area contributed by atoms with Crippen molar-refractivity contribution in [3.63, 3.8) is 0 Å². The van der Waals surface area contributed by atoms with Crippen LogP contribution in [-0.2, 0) is 0 Å². The number of rotatable bonds is 4. The van der Waals surface area contributed by atoms with Crippen LogP contribution in [0.2, 0.25) is 0 Å². The van der Waals surface area contributed by atoms with Crippen molar-refractivity contribution in [2.45, 2.75) is 13.8 Å². The van der Waals surface area contributed by atoms with Gasteiger partial charge in [-0.3, -0.25) is 15.5 Å². The molecular formula is C12H13N5O3. The minimum absolute atomic E-state index is 0.108. The highest BCUT2D eigenvalue weighted by Crippen LogP contribution is 2.35. The average molecular weight is 275 g/mol. The van der Waals surface area contributed by atoms with Gasteiger partial charge in [-0.15, -0.1) is 0 Å².